The number of rotatable bonds is 3. The molecule has 2 aromatic rings. The average molecular weight is 254 g/mol. The maximum Gasteiger partial charge on any atom is 0.322 e. The highest BCUT2D eigenvalue weighted by Crippen LogP contribution is 2.14. The van der Waals surface area contributed by atoms with Crippen LogP contribution in [0.2, 0.25) is 0 Å². The Kier molecular flexibility index (Phi) is 4.18. The first-order chi connectivity index (χ1) is 9.18. The standard InChI is InChI=1S/C16H18N2O/c1-13(14-9-5-3-6-10-14)17-16(19)18(2)15-11-7-4-8-12-15/h3-13H,1-2H3,(H,17,19)/t13-/m0/s1. The Labute approximate surface area is 113 Å². The molecule has 0 aliphatic carbocycles. The Morgan fingerprint density at radius 1 is 1.00 bits per heavy atom. The molecule has 0 aliphatic rings. The van der Waals surface area contributed by atoms with Gasteiger partial charge in [-0.3, -0.25) is 4.90 Å². The van der Waals surface area contributed by atoms with Gasteiger partial charge in [0, 0.05) is 12.7 Å². The van der Waals surface area contributed by atoms with Crippen molar-refractivity contribution < 1.29 is 4.79 Å². The van der Waals surface area contributed by atoms with Gasteiger partial charge in [0.15, 0.2) is 0 Å². The zero-order chi connectivity index (χ0) is 13.7. The molecule has 3 heteroatoms. The van der Waals surface area contributed by atoms with Crippen molar-refractivity contribution >= 4 is 11.7 Å². The highest BCUT2D eigenvalue weighted by atomic mass is 16.2. The summed E-state index contributed by atoms with van der Waals surface area (Å²) in [5.74, 6) is 0. The van der Waals surface area contributed by atoms with E-state index in [9.17, 15) is 4.79 Å². The lowest BCUT2D eigenvalue weighted by atomic mass is 10.1. The molecule has 0 bridgehead atoms. The molecule has 1 N–H and O–H groups in total. The van der Waals surface area contributed by atoms with Gasteiger partial charge in [-0.15, -0.1) is 0 Å². The van der Waals surface area contributed by atoms with Crippen molar-refractivity contribution in [2.45, 2.75) is 13.0 Å². The van der Waals surface area contributed by atoms with Gasteiger partial charge >= 0.3 is 6.03 Å². The first kappa shape index (κ1) is 13.1. The van der Waals surface area contributed by atoms with Gasteiger partial charge in [0.05, 0.1) is 6.04 Å². The molecule has 0 heterocycles. The molecule has 0 saturated heterocycles. The smallest absolute Gasteiger partial charge is 0.322 e. The summed E-state index contributed by atoms with van der Waals surface area (Å²) in [4.78, 5) is 13.8. The predicted molar refractivity (Wildman–Crippen MR) is 78.2 cm³/mol. The van der Waals surface area contributed by atoms with Gasteiger partial charge in [0.2, 0.25) is 0 Å². The summed E-state index contributed by atoms with van der Waals surface area (Å²) in [6, 6.07) is 19.4. The van der Waals surface area contributed by atoms with Crippen LogP contribution >= 0.6 is 0 Å². The Balaban J connectivity index is 2.02. The summed E-state index contributed by atoms with van der Waals surface area (Å²) < 4.78 is 0. The third-order valence-electron chi connectivity index (χ3n) is 3.09. The van der Waals surface area contributed by atoms with Crippen molar-refractivity contribution in [1.82, 2.24) is 5.32 Å². The van der Waals surface area contributed by atoms with E-state index in [4.69, 9.17) is 0 Å². The topological polar surface area (TPSA) is 32.3 Å². The van der Waals surface area contributed by atoms with Gasteiger partial charge in [-0.2, -0.15) is 0 Å². The second kappa shape index (κ2) is 6.05. The van der Waals surface area contributed by atoms with Crippen LogP contribution in [0.4, 0.5) is 10.5 Å². The number of carbonyl (C=O) groups is 1. The van der Waals surface area contributed by atoms with Crippen molar-refractivity contribution in [2.24, 2.45) is 0 Å². The molecule has 0 aliphatic heterocycles. The molecule has 0 radical (unpaired) electrons. The first-order valence-corrected chi connectivity index (χ1v) is 6.32. The average Bonchev–Trinajstić information content (AvgIpc) is 2.48. The van der Waals surface area contributed by atoms with Crippen molar-refractivity contribution in [3.63, 3.8) is 0 Å². The molecule has 2 rings (SSSR count). The zero-order valence-corrected chi connectivity index (χ0v) is 11.2. The third-order valence-corrected chi connectivity index (χ3v) is 3.09. The van der Waals surface area contributed by atoms with Crippen LogP contribution in [-0.4, -0.2) is 13.1 Å². The number of urea groups is 1. The number of anilines is 1. The minimum absolute atomic E-state index is 0.0140. The largest absolute Gasteiger partial charge is 0.331 e. The second-order valence-electron chi connectivity index (χ2n) is 4.48. The molecule has 0 unspecified atom stereocenters. The van der Waals surface area contributed by atoms with Gasteiger partial charge in [-0.1, -0.05) is 48.5 Å². The molecule has 2 aromatic carbocycles. The second-order valence-corrected chi connectivity index (χ2v) is 4.48. The summed E-state index contributed by atoms with van der Waals surface area (Å²) in [6.45, 7) is 1.98. The lowest BCUT2D eigenvalue weighted by Crippen LogP contribution is -2.38. The maximum absolute atomic E-state index is 12.1. The summed E-state index contributed by atoms with van der Waals surface area (Å²) in [5.41, 5.74) is 1.97. The molecule has 0 saturated carbocycles. The number of nitrogens with zero attached hydrogens (tertiary/aromatic N) is 1. The van der Waals surface area contributed by atoms with Crippen LogP contribution in [0.3, 0.4) is 0 Å². The van der Waals surface area contributed by atoms with Gasteiger partial charge < -0.3 is 5.32 Å². The SMILES string of the molecule is C[C@H](NC(=O)N(C)c1ccccc1)c1ccccc1. The number of amides is 2. The van der Waals surface area contributed by atoms with E-state index in [-0.39, 0.29) is 12.1 Å². The quantitative estimate of drug-likeness (QED) is 0.892. The molecule has 0 spiro atoms. The van der Waals surface area contributed by atoms with Crippen molar-refractivity contribution in [1.29, 1.82) is 0 Å². The fraction of sp³-hybridized carbons (Fsp3) is 0.188. The van der Waals surface area contributed by atoms with Crippen molar-refractivity contribution in [3.8, 4) is 0 Å². The van der Waals surface area contributed by atoms with Crippen LogP contribution in [0, 0.1) is 0 Å². The molecule has 1 atom stereocenters. The van der Waals surface area contributed by atoms with Crippen LogP contribution in [0.25, 0.3) is 0 Å². The molecule has 98 valence electrons. The lowest BCUT2D eigenvalue weighted by molar-refractivity contribution is 0.244. The van der Waals surface area contributed by atoms with E-state index in [1.807, 2.05) is 67.6 Å². The van der Waals surface area contributed by atoms with Crippen LogP contribution in [0.5, 0.6) is 0 Å². The Bertz CT molecular complexity index is 525. The summed E-state index contributed by atoms with van der Waals surface area (Å²) >= 11 is 0. The van der Waals surface area contributed by atoms with E-state index < -0.39 is 0 Å². The first-order valence-electron chi connectivity index (χ1n) is 6.32. The Morgan fingerprint density at radius 3 is 2.11 bits per heavy atom. The number of carbonyl (C=O) groups excluding carboxylic acids is 1. The number of benzene rings is 2. The highest BCUT2D eigenvalue weighted by molar-refractivity contribution is 5.91. The summed E-state index contributed by atoms with van der Waals surface area (Å²) in [6.07, 6.45) is 0. The van der Waals surface area contributed by atoms with Crippen LogP contribution in [0.1, 0.15) is 18.5 Å². The molecule has 3 nitrogen and oxygen atoms in total. The summed E-state index contributed by atoms with van der Waals surface area (Å²) in [7, 11) is 1.77. The molecule has 2 amide bonds. The van der Waals surface area contributed by atoms with E-state index in [0.717, 1.165) is 11.3 Å². The monoisotopic (exact) mass is 254 g/mol. The normalized spacial score (nSPS) is 11.7. The van der Waals surface area contributed by atoms with Gasteiger partial charge in [-0.05, 0) is 24.6 Å². The lowest BCUT2D eigenvalue weighted by Gasteiger charge is -2.21. The van der Waals surface area contributed by atoms with Crippen LogP contribution in [0.15, 0.2) is 60.7 Å². The van der Waals surface area contributed by atoms with Gasteiger partial charge in [0.1, 0.15) is 0 Å². The van der Waals surface area contributed by atoms with Crippen molar-refractivity contribution in [3.05, 3.63) is 66.2 Å². The van der Waals surface area contributed by atoms with E-state index >= 15 is 0 Å². The molecule has 0 aromatic heterocycles. The minimum Gasteiger partial charge on any atom is -0.331 e. The van der Waals surface area contributed by atoms with Gasteiger partial charge in [-0.25, -0.2) is 4.79 Å². The number of para-hydroxylation sites is 1. The van der Waals surface area contributed by atoms with E-state index in [1.165, 1.54) is 0 Å². The number of nitrogens with one attached hydrogen (secondary N) is 1. The van der Waals surface area contributed by atoms with E-state index in [1.54, 1.807) is 11.9 Å². The fourth-order valence-electron chi connectivity index (χ4n) is 1.88. The zero-order valence-electron chi connectivity index (χ0n) is 11.2. The minimum atomic E-state index is -0.109. The van der Waals surface area contributed by atoms with Gasteiger partial charge in [0.25, 0.3) is 0 Å². The maximum atomic E-state index is 12.1. The Hall–Kier alpha value is -2.29. The van der Waals surface area contributed by atoms with E-state index in [2.05, 4.69) is 5.32 Å². The summed E-state index contributed by atoms with van der Waals surface area (Å²) in [5, 5.41) is 2.98. The third kappa shape index (κ3) is 3.35. The molecule has 19 heavy (non-hydrogen) atoms. The van der Waals surface area contributed by atoms with E-state index in [0.29, 0.717) is 0 Å². The Morgan fingerprint density at radius 2 is 1.53 bits per heavy atom. The van der Waals surface area contributed by atoms with Crippen molar-refractivity contribution in [2.75, 3.05) is 11.9 Å². The predicted octanol–water partition coefficient (Wildman–Crippen LogP) is 3.59. The molecular formula is C16H18N2O. The molecular weight excluding hydrogens is 236 g/mol. The van der Waals surface area contributed by atoms with Crippen LogP contribution < -0.4 is 10.2 Å². The highest BCUT2D eigenvalue weighted by Gasteiger charge is 2.13. The molecule has 0 fully saturated rings. The fourth-order valence-corrected chi connectivity index (χ4v) is 1.88. The number of hydrogen-bond donors (Lipinski definition) is 1. The van der Waals surface area contributed by atoms with Crippen LogP contribution in [-0.2, 0) is 0 Å². The number of hydrogen-bond acceptors (Lipinski definition) is 1.